The maximum absolute atomic E-state index is 13.6. The zero-order chi connectivity index (χ0) is 13.1. The molecule has 96 valence electrons. The summed E-state index contributed by atoms with van der Waals surface area (Å²) in [5, 5.41) is 0. The van der Waals surface area contributed by atoms with Crippen LogP contribution >= 0.6 is 11.3 Å². The SMILES string of the molecule is Cc1ccc(C(Oc2ccccc2F)C(C)N)s1. The van der Waals surface area contributed by atoms with E-state index in [1.54, 1.807) is 29.5 Å². The van der Waals surface area contributed by atoms with Crippen LogP contribution in [0.4, 0.5) is 4.39 Å². The van der Waals surface area contributed by atoms with Crippen molar-refractivity contribution in [2.45, 2.75) is 26.0 Å². The average molecular weight is 265 g/mol. The molecule has 2 unspecified atom stereocenters. The number of ether oxygens (including phenoxy) is 1. The van der Waals surface area contributed by atoms with Crippen molar-refractivity contribution >= 4 is 11.3 Å². The van der Waals surface area contributed by atoms with Gasteiger partial charge in [-0.25, -0.2) is 4.39 Å². The molecule has 0 fully saturated rings. The van der Waals surface area contributed by atoms with E-state index in [1.165, 1.54) is 10.9 Å². The molecule has 2 rings (SSSR count). The molecule has 0 saturated carbocycles. The van der Waals surface area contributed by atoms with Crippen LogP contribution in [0, 0.1) is 12.7 Å². The molecule has 2 N–H and O–H groups in total. The lowest BCUT2D eigenvalue weighted by Gasteiger charge is -2.21. The van der Waals surface area contributed by atoms with Crippen molar-refractivity contribution < 1.29 is 9.13 Å². The second-order valence-corrected chi connectivity index (χ2v) is 5.60. The fourth-order valence-corrected chi connectivity index (χ4v) is 2.73. The van der Waals surface area contributed by atoms with Crippen molar-refractivity contribution in [3.63, 3.8) is 0 Å². The summed E-state index contributed by atoms with van der Waals surface area (Å²) in [7, 11) is 0. The molecule has 0 amide bonds. The van der Waals surface area contributed by atoms with E-state index >= 15 is 0 Å². The Balaban J connectivity index is 2.25. The van der Waals surface area contributed by atoms with Gasteiger partial charge in [0.2, 0.25) is 0 Å². The molecule has 0 aliphatic carbocycles. The molecule has 0 bridgehead atoms. The summed E-state index contributed by atoms with van der Waals surface area (Å²) in [5.41, 5.74) is 5.94. The lowest BCUT2D eigenvalue weighted by molar-refractivity contribution is 0.176. The van der Waals surface area contributed by atoms with E-state index in [4.69, 9.17) is 10.5 Å². The molecule has 0 radical (unpaired) electrons. The summed E-state index contributed by atoms with van der Waals surface area (Å²) in [6, 6.07) is 10.2. The lowest BCUT2D eigenvalue weighted by atomic mass is 10.1. The number of rotatable bonds is 4. The van der Waals surface area contributed by atoms with Crippen molar-refractivity contribution in [3.8, 4) is 5.75 Å². The van der Waals surface area contributed by atoms with Crippen molar-refractivity contribution in [1.82, 2.24) is 0 Å². The first-order valence-corrected chi connectivity index (χ1v) is 6.62. The Morgan fingerprint density at radius 2 is 1.94 bits per heavy atom. The van der Waals surface area contributed by atoms with Crippen molar-refractivity contribution in [3.05, 3.63) is 52.0 Å². The van der Waals surface area contributed by atoms with Crippen LogP contribution in [0.25, 0.3) is 0 Å². The second-order valence-electron chi connectivity index (χ2n) is 4.28. The minimum atomic E-state index is -0.364. The smallest absolute Gasteiger partial charge is 0.165 e. The largest absolute Gasteiger partial charge is 0.480 e. The number of benzene rings is 1. The highest BCUT2D eigenvalue weighted by Crippen LogP contribution is 2.30. The van der Waals surface area contributed by atoms with E-state index in [0.29, 0.717) is 0 Å². The standard InChI is InChI=1S/C14H16FNOS/c1-9-7-8-13(18-9)14(10(2)16)17-12-6-4-3-5-11(12)15/h3-8,10,14H,16H2,1-2H3. The third-order valence-electron chi connectivity index (χ3n) is 2.61. The highest BCUT2D eigenvalue weighted by Gasteiger charge is 2.21. The monoisotopic (exact) mass is 265 g/mol. The van der Waals surface area contributed by atoms with Crippen molar-refractivity contribution in [2.75, 3.05) is 0 Å². The van der Waals surface area contributed by atoms with Crippen LogP contribution in [-0.4, -0.2) is 6.04 Å². The predicted molar refractivity (Wildman–Crippen MR) is 72.5 cm³/mol. The number of para-hydroxylation sites is 1. The van der Waals surface area contributed by atoms with Gasteiger partial charge in [0.25, 0.3) is 0 Å². The molecule has 2 aromatic rings. The number of hydrogen-bond acceptors (Lipinski definition) is 3. The summed E-state index contributed by atoms with van der Waals surface area (Å²) < 4.78 is 19.3. The summed E-state index contributed by atoms with van der Waals surface area (Å²) in [4.78, 5) is 2.21. The third kappa shape index (κ3) is 2.89. The normalized spacial score (nSPS) is 14.2. The number of halogens is 1. The second kappa shape index (κ2) is 5.50. The maximum atomic E-state index is 13.6. The van der Waals surface area contributed by atoms with Crippen LogP contribution in [0.3, 0.4) is 0 Å². The average Bonchev–Trinajstić information content (AvgIpc) is 2.74. The van der Waals surface area contributed by atoms with Crippen LogP contribution in [0.15, 0.2) is 36.4 Å². The van der Waals surface area contributed by atoms with Gasteiger partial charge in [-0.05, 0) is 38.1 Å². The van der Waals surface area contributed by atoms with Crippen LogP contribution in [-0.2, 0) is 0 Å². The van der Waals surface area contributed by atoms with E-state index < -0.39 is 0 Å². The van der Waals surface area contributed by atoms with Gasteiger partial charge in [-0.1, -0.05) is 12.1 Å². The van der Waals surface area contributed by atoms with E-state index in [0.717, 1.165) is 4.88 Å². The molecule has 4 heteroatoms. The predicted octanol–water partition coefficient (Wildman–Crippen LogP) is 3.66. The molecular formula is C14H16FNOS. The molecule has 0 aliphatic rings. The van der Waals surface area contributed by atoms with Gasteiger partial charge in [0.1, 0.15) is 6.10 Å². The molecule has 1 heterocycles. The van der Waals surface area contributed by atoms with Crippen LogP contribution in [0.2, 0.25) is 0 Å². The fourth-order valence-electron chi connectivity index (χ4n) is 1.71. The number of nitrogens with two attached hydrogens (primary N) is 1. The Hall–Kier alpha value is -1.39. The van der Waals surface area contributed by atoms with Gasteiger partial charge in [0, 0.05) is 15.8 Å². The Kier molecular flexibility index (Phi) is 3.99. The van der Waals surface area contributed by atoms with Crippen molar-refractivity contribution in [2.24, 2.45) is 5.73 Å². The van der Waals surface area contributed by atoms with Crippen LogP contribution in [0.5, 0.6) is 5.75 Å². The molecule has 2 nitrogen and oxygen atoms in total. The molecule has 1 aromatic heterocycles. The van der Waals surface area contributed by atoms with Crippen LogP contribution < -0.4 is 10.5 Å². The van der Waals surface area contributed by atoms with E-state index in [9.17, 15) is 4.39 Å². The van der Waals surface area contributed by atoms with Gasteiger partial charge in [0.05, 0.1) is 0 Å². The van der Waals surface area contributed by atoms with Gasteiger partial charge in [0.15, 0.2) is 11.6 Å². The van der Waals surface area contributed by atoms with Gasteiger partial charge < -0.3 is 10.5 Å². The Morgan fingerprint density at radius 1 is 1.22 bits per heavy atom. The number of aryl methyl sites for hydroxylation is 1. The molecular weight excluding hydrogens is 249 g/mol. The molecule has 0 saturated heterocycles. The molecule has 1 aromatic carbocycles. The number of hydrogen-bond donors (Lipinski definition) is 1. The minimum absolute atomic E-state index is 0.206. The zero-order valence-electron chi connectivity index (χ0n) is 10.4. The summed E-state index contributed by atoms with van der Waals surface area (Å²) in [5.74, 6) is -0.123. The molecule has 18 heavy (non-hydrogen) atoms. The first-order valence-electron chi connectivity index (χ1n) is 5.81. The fraction of sp³-hybridized carbons (Fsp3) is 0.286. The number of thiophene rings is 1. The van der Waals surface area contributed by atoms with Gasteiger partial charge >= 0.3 is 0 Å². The first-order chi connectivity index (χ1) is 8.58. The van der Waals surface area contributed by atoms with Gasteiger partial charge in [-0.15, -0.1) is 11.3 Å². The van der Waals surface area contributed by atoms with Crippen molar-refractivity contribution in [1.29, 1.82) is 0 Å². The van der Waals surface area contributed by atoms with E-state index in [-0.39, 0.29) is 23.7 Å². The topological polar surface area (TPSA) is 35.2 Å². The summed E-state index contributed by atoms with van der Waals surface area (Å²) in [6.45, 7) is 3.88. The molecule has 0 spiro atoms. The highest BCUT2D eigenvalue weighted by atomic mass is 32.1. The van der Waals surface area contributed by atoms with E-state index in [1.807, 2.05) is 26.0 Å². The zero-order valence-corrected chi connectivity index (χ0v) is 11.2. The molecule has 2 atom stereocenters. The summed E-state index contributed by atoms with van der Waals surface area (Å²) in [6.07, 6.45) is -0.319. The Morgan fingerprint density at radius 3 is 2.50 bits per heavy atom. The lowest BCUT2D eigenvalue weighted by Crippen LogP contribution is -2.28. The quantitative estimate of drug-likeness (QED) is 0.915. The first kappa shape index (κ1) is 13.1. The van der Waals surface area contributed by atoms with E-state index in [2.05, 4.69) is 0 Å². The molecule has 0 aliphatic heterocycles. The third-order valence-corrected chi connectivity index (χ3v) is 3.67. The highest BCUT2D eigenvalue weighted by molar-refractivity contribution is 7.12. The van der Waals surface area contributed by atoms with Crippen LogP contribution in [0.1, 0.15) is 22.8 Å². The van der Waals surface area contributed by atoms with Gasteiger partial charge in [-0.2, -0.15) is 0 Å². The summed E-state index contributed by atoms with van der Waals surface area (Å²) >= 11 is 1.62. The maximum Gasteiger partial charge on any atom is 0.165 e. The Bertz CT molecular complexity index is 524. The Labute approximate surface area is 110 Å². The minimum Gasteiger partial charge on any atom is -0.480 e. The van der Waals surface area contributed by atoms with Gasteiger partial charge in [-0.3, -0.25) is 0 Å².